The number of halogens is 1. The molecule has 1 aliphatic heterocycles. The van der Waals surface area contributed by atoms with Crippen LogP contribution in [-0.4, -0.2) is 49.3 Å². The second-order valence-electron chi connectivity index (χ2n) is 5.08. The second-order valence-corrected chi connectivity index (χ2v) is 5.52. The third-order valence-corrected chi connectivity index (χ3v) is 3.77. The zero-order valence-electron chi connectivity index (χ0n) is 10.8. The Balaban J connectivity index is 2.01. The van der Waals surface area contributed by atoms with Gasteiger partial charge in [0.1, 0.15) is 0 Å². The van der Waals surface area contributed by atoms with E-state index in [1.165, 1.54) is 5.56 Å². The molecule has 0 amide bonds. The zero-order chi connectivity index (χ0) is 13.0. The molecule has 2 atom stereocenters. The van der Waals surface area contributed by atoms with Crippen molar-refractivity contribution in [2.75, 3.05) is 33.3 Å². The maximum absolute atomic E-state index is 8.89. The molecule has 0 spiro atoms. The van der Waals surface area contributed by atoms with Gasteiger partial charge in [-0.15, -0.1) is 0 Å². The summed E-state index contributed by atoms with van der Waals surface area (Å²) in [6, 6.07) is 8.62. The highest BCUT2D eigenvalue weighted by molar-refractivity contribution is 6.30. The average molecular weight is 269 g/mol. The van der Waals surface area contributed by atoms with Crippen molar-refractivity contribution in [2.45, 2.75) is 18.4 Å². The lowest BCUT2D eigenvalue weighted by Gasteiger charge is -2.36. The molecule has 0 saturated carbocycles. The smallest absolute Gasteiger partial charge is 0.0556 e. The molecule has 1 fully saturated rings. The fourth-order valence-electron chi connectivity index (χ4n) is 2.71. The predicted octanol–water partition coefficient (Wildman–Crippen LogP) is 1.71. The summed E-state index contributed by atoms with van der Waals surface area (Å²) in [7, 11) is 2.15. The number of aliphatic hydroxyl groups is 1. The van der Waals surface area contributed by atoms with Gasteiger partial charge in [0.15, 0.2) is 0 Å². The first-order valence-electron chi connectivity index (χ1n) is 6.47. The molecule has 1 heterocycles. The van der Waals surface area contributed by atoms with Gasteiger partial charge in [-0.1, -0.05) is 23.7 Å². The Morgan fingerprint density at radius 2 is 2.06 bits per heavy atom. The van der Waals surface area contributed by atoms with Crippen LogP contribution in [0.2, 0.25) is 5.02 Å². The van der Waals surface area contributed by atoms with Crippen LogP contribution < -0.4 is 5.32 Å². The Morgan fingerprint density at radius 1 is 1.33 bits per heavy atom. The highest BCUT2D eigenvalue weighted by atomic mass is 35.5. The van der Waals surface area contributed by atoms with Crippen molar-refractivity contribution in [3.63, 3.8) is 0 Å². The van der Waals surface area contributed by atoms with Crippen LogP contribution in [0.4, 0.5) is 0 Å². The predicted molar refractivity (Wildman–Crippen MR) is 75.2 cm³/mol. The quantitative estimate of drug-likeness (QED) is 0.873. The number of piperidine rings is 1. The highest BCUT2D eigenvalue weighted by Crippen LogP contribution is 2.27. The van der Waals surface area contributed by atoms with E-state index in [0.717, 1.165) is 24.5 Å². The summed E-state index contributed by atoms with van der Waals surface area (Å²) in [6.45, 7) is 3.00. The number of nitrogens with one attached hydrogen (secondary N) is 1. The molecule has 18 heavy (non-hydrogen) atoms. The Kier molecular flexibility index (Phi) is 5.01. The first-order chi connectivity index (χ1) is 8.69. The Hall–Kier alpha value is -0.610. The van der Waals surface area contributed by atoms with E-state index in [4.69, 9.17) is 16.7 Å². The van der Waals surface area contributed by atoms with E-state index in [2.05, 4.69) is 29.4 Å². The zero-order valence-corrected chi connectivity index (χ0v) is 11.5. The molecule has 2 N–H and O–H groups in total. The summed E-state index contributed by atoms with van der Waals surface area (Å²) in [6.07, 6.45) is 1.12. The molecule has 1 saturated heterocycles. The molecule has 1 aromatic carbocycles. The van der Waals surface area contributed by atoms with Crippen molar-refractivity contribution in [3.8, 4) is 0 Å². The van der Waals surface area contributed by atoms with Crippen LogP contribution in [0.5, 0.6) is 0 Å². The summed E-state index contributed by atoms with van der Waals surface area (Å²) in [5.41, 5.74) is 1.35. The minimum absolute atomic E-state index is 0.200. The van der Waals surface area contributed by atoms with Crippen molar-refractivity contribution in [1.29, 1.82) is 0 Å². The van der Waals surface area contributed by atoms with Crippen LogP contribution in [0.1, 0.15) is 17.9 Å². The minimum Gasteiger partial charge on any atom is -0.395 e. The molecule has 0 radical (unpaired) electrons. The number of likely N-dealkylation sites (tertiary alicyclic amines) is 1. The van der Waals surface area contributed by atoms with Crippen molar-refractivity contribution in [2.24, 2.45) is 0 Å². The molecule has 1 aliphatic rings. The number of hydrogen-bond donors (Lipinski definition) is 2. The van der Waals surface area contributed by atoms with Crippen molar-refractivity contribution in [1.82, 2.24) is 10.2 Å². The van der Waals surface area contributed by atoms with Crippen LogP contribution in [0, 0.1) is 0 Å². The van der Waals surface area contributed by atoms with Crippen LogP contribution in [0.25, 0.3) is 0 Å². The SMILES string of the molecule is CN1CC(NCCO)CC(c2ccc(Cl)cc2)C1. The first-order valence-corrected chi connectivity index (χ1v) is 6.85. The van der Waals surface area contributed by atoms with Crippen LogP contribution in [0.15, 0.2) is 24.3 Å². The lowest BCUT2D eigenvalue weighted by Crippen LogP contribution is -2.47. The van der Waals surface area contributed by atoms with Crippen LogP contribution in [0.3, 0.4) is 0 Å². The van der Waals surface area contributed by atoms with E-state index in [9.17, 15) is 0 Å². The van der Waals surface area contributed by atoms with E-state index >= 15 is 0 Å². The molecule has 3 nitrogen and oxygen atoms in total. The average Bonchev–Trinajstić information content (AvgIpc) is 2.36. The largest absolute Gasteiger partial charge is 0.395 e. The summed E-state index contributed by atoms with van der Waals surface area (Å²) in [4.78, 5) is 2.35. The minimum atomic E-state index is 0.200. The van der Waals surface area contributed by atoms with Crippen molar-refractivity contribution < 1.29 is 5.11 Å². The molecular weight excluding hydrogens is 248 g/mol. The van der Waals surface area contributed by atoms with Crippen LogP contribution in [-0.2, 0) is 0 Å². The molecule has 4 heteroatoms. The van der Waals surface area contributed by atoms with Gasteiger partial charge in [-0.25, -0.2) is 0 Å². The molecular formula is C14H21ClN2O. The number of likely N-dealkylation sites (N-methyl/N-ethyl adjacent to an activating group) is 1. The molecule has 0 aromatic heterocycles. The third kappa shape index (κ3) is 3.69. The molecule has 0 bridgehead atoms. The van der Waals surface area contributed by atoms with Crippen LogP contribution >= 0.6 is 11.6 Å². The first kappa shape index (κ1) is 13.8. The number of rotatable bonds is 4. The fourth-order valence-corrected chi connectivity index (χ4v) is 2.84. The summed E-state index contributed by atoms with van der Waals surface area (Å²) < 4.78 is 0. The van der Waals surface area contributed by atoms with Gasteiger partial charge in [-0.3, -0.25) is 0 Å². The fraction of sp³-hybridized carbons (Fsp3) is 0.571. The summed E-state index contributed by atoms with van der Waals surface area (Å²) in [5.74, 6) is 0.539. The monoisotopic (exact) mass is 268 g/mol. The third-order valence-electron chi connectivity index (χ3n) is 3.52. The summed E-state index contributed by atoms with van der Waals surface area (Å²) >= 11 is 5.93. The number of hydrogen-bond acceptors (Lipinski definition) is 3. The van der Waals surface area contributed by atoms with E-state index in [-0.39, 0.29) is 6.61 Å². The summed E-state index contributed by atoms with van der Waals surface area (Å²) in [5, 5.41) is 13.1. The van der Waals surface area contributed by atoms with E-state index in [1.54, 1.807) is 0 Å². The Morgan fingerprint density at radius 3 is 2.72 bits per heavy atom. The topological polar surface area (TPSA) is 35.5 Å². The maximum atomic E-state index is 8.89. The normalized spacial score (nSPS) is 25.3. The van der Waals surface area contributed by atoms with Gasteiger partial charge in [0.2, 0.25) is 0 Å². The molecule has 0 aliphatic carbocycles. The number of aliphatic hydroxyl groups excluding tert-OH is 1. The molecule has 2 rings (SSSR count). The van der Waals surface area contributed by atoms with Gasteiger partial charge < -0.3 is 15.3 Å². The Bertz CT molecular complexity index is 369. The van der Waals surface area contributed by atoms with Gasteiger partial charge in [0.25, 0.3) is 0 Å². The molecule has 1 aromatic rings. The van der Waals surface area contributed by atoms with Crippen molar-refractivity contribution >= 4 is 11.6 Å². The lowest BCUT2D eigenvalue weighted by molar-refractivity contribution is 0.194. The lowest BCUT2D eigenvalue weighted by atomic mass is 9.88. The molecule has 2 unspecified atom stereocenters. The van der Waals surface area contributed by atoms with E-state index < -0.39 is 0 Å². The standard InChI is InChI=1S/C14H21ClN2O/c1-17-9-12(8-14(10-17)16-6-7-18)11-2-4-13(15)5-3-11/h2-5,12,14,16,18H,6-10H2,1H3. The Labute approximate surface area is 114 Å². The number of nitrogens with zero attached hydrogens (tertiary/aromatic N) is 1. The van der Waals surface area contributed by atoms with Gasteiger partial charge in [-0.05, 0) is 37.1 Å². The van der Waals surface area contributed by atoms with Gasteiger partial charge in [0.05, 0.1) is 6.61 Å². The number of benzene rings is 1. The van der Waals surface area contributed by atoms with E-state index in [0.29, 0.717) is 18.5 Å². The highest BCUT2D eigenvalue weighted by Gasteiger charge is 2.25. The van der Waals surface area contributed by atoms with Crippen molar-refractivity contribution in [3.05, 3.63) is 34.9 Å². The molecule has 100 valence electrons. The van der Waals surface area contributed by atoms with Gasteiger partial charge >= 0.3 is 0 Å². The maximum Gasteiger partial charge on any atom is 0.0556 e. The van der Waals surface area contributed by atoms with E-state index in [1.807, 2.05) is 12.1 Å². The second kappa shape index (κ2) is 6.53. The van der Waals surface area contributed by atoms with Gasteiger partial charge in [-0.2, -0.15) is 0 Å². The van der Waals surface area contributed by atoms with Gasteiger partial charge in [0, 0.05) is 30.7 Å².